The first-order valence-corrected chi connectivity index (χ1v) is 10.1. The van der Waals surface area contributed by atoms with E-state index in [4.69, 9.17) is 4.52 Å². The smallest absolute Gasteiger partial charge is 0.324 e. The standard InChI is InChI=1S/C19H20N4O5S/c1-13-9-10-15(11-16(13)29(26,27)22(2)3)20-17(24)12-23-18(21-28-19(23)25)14-7-5-4-6-8-14/h4-11H,12H2,1-3H3,(H,20,24). The summed E-state index contributed by atoms with van der Waals surface area (Å²) >= 11 is 0. The third-order valence-electron chi connectivity index (χ3n) is 4.25. The number of benzene rings is 2. The van der Waals surface area contributed by atoms with Crippen LogP contribution in [0, 0.1) is 6.92 Å². The Kier molecular flexibility index (Phi) is 5.66. The molecule has 9 nitrogen and oxygen atoms in total. The Morgan fingerprint density at radius 2 is 1.86 bits per heavy atom. The van der Waals surface area contributed by atoms with E-state index >= 15 is 0 Å². The molecule has 0 saturated heterocycles. The zero-order valence-electron chi connectivity index (χ0n) is 16.1. The molecule has 1 aromatic heterocycles. The zero-order valence-corrected chi connectivity index (χ0v) is 16.9. The van der Waals surface area contributed by atoms with Gasteiger partial charge in [-0.25, -0.2) is 22.1 Å². The third-order valence-corrected chi connectivity index (χ3v) is 6.21. The van der Waals surface area contributed by atoms with Gasteiger partial charge in [-0.1, -0.05) is 41.6 Å². The predicted molar refractivity (Wildman–Crippen MR) is 107 cm³/mol. The molecule has 0 bridgehead atoms. The van der Waals surface area contributed by atoms with Crippen LogP contribution in [0.25, 0.3) is 11.4 Å². The molecule has 0 radical (unpaired) electrons. The molecular formula is C19H20N4O5S. The van der Waals surface area contributed by atoms with E-state index in [0.29, 0.717) is 16.8 Å². The number of nitrogens with zero attached hydrogens (tertiary/aromatic N) is 3. The number of hydrogen-bond acceptors (Lipinski definition) is 6. The molecule has 0 unspecified atom stereocenters. The Labute approximate surface area is 167 Å². The number of carbonyl (C=O) groups excluding carboxylic acids is 1. The summed E-state index contributed by atoms with van der Waals surface area (Å²) in [6.45, 7) is 1.33. The summed E-state index contributed by atoms with van der Waals surface area (Å²) in [6, 6.07) is 13.4. The lowest BCUT2D eigenvalue weighted by atomic mass is 10.2. The van der Waals surface area contributed by atoms with Gasteiger partial charge in [-0.2, -0.15) is 0 Å². The second kappa shape index (κ2) is 8.02. The van der Waals surface area contributed by atoms with E-state index in [1.54, 1.807) is 43.3 Å². The molecule has 0 saturated carbocycles. The van der Waals surface area contributed by atoms with Gasteiger partial charge in [-0.05, 0) is 24.6 Å². The van der Waals surface area contributed by atoms with E-state index in [1.807, 2.05) is 6.07 Å². The predicted octanol–water partition coefficient (Wildman–Crippen LogP) is 1.70. The van der Waals surface area contributed by atoms with Crippen LogP contribution in [0.3, 0.4) is 0 Å². The van der Waals surface area contributed by atoms with Crippen molar-refractivity contribution in [1.82, 2.24) is 14.0 Å². The molecule has 2 aromatic carbocycles. The Morgan fingerprint density at radius 1 is 1.17 bits per heavy atom. The Balaban J connectivity index is 1.85. The largest absolute Gasteiger partial charge is 0.442 e. The highest BCUT2D eigenvalue weighted by Crippen LogP contribution is 2.22. The molecule has 10 heteroatoms. The summed E-state index contributed by atoms with van der Waals surface area (Å²) in [5.41, 5.74) is 1.48. The summed E-state index contributed by atoms with van der Waals surface area (Å²) in [7, 11) is -0.795. The number of anilines is 1. The molecule has 0 atom stereocenters. The minimum Gasteiger partial charge on any atom is -0.324 e. The fourth-order valence-electron chi connectivity index (χ4n) is 2.70. The van der Waals surface area contributed by atoms with Crippen LogP contribution in [0.4, 0.5) is 5.69 Å². The van der Waals surface area contributed by atoms with Gasteiger partial charge >= 0.3 is 5.76 Å². The minimum absolute atomic E-state index is 0.0902. The minimum atomic E-state index is -3.66. The van der Waals surface area contributed by atoms with Gasteiger partial charge in [0.25, 0.3) is 0 Å². The van der Waals surface area contributed by atoms with Crippen LogP contribution in [-0.2, 0) is 21.4 Å². The SMILES string of the molecule is Cc1ccc(NC(=O)Cn2c(-c3ccccc3)noc2=O)cc1S(=O)(=O)N(C)C. The van der Waals surface area contributed by atoms with Crippen LogP contribution in [-0.4, -0.2) is 42.4 Å². The average molecular weight is 416 g/mol. The molecular weight excluding hydrogens is 396 g/mol. The van der Waals surface area contributed by atoms with Crippen molar-refractivity contribution >= 4 is 21.6 Å². The maximum absolute atomic E-state index is 12.5. The zero-order chi connectivity index (χ0) is 21.2. The Hall–Kier alpha value is -3.24. The number of rotatable bonds is 6. The van der Waals surface area contributed by atoms with Gasteiger partial charge < -0.3 is 5.32 Å². The van der Waals surface area contributed by atoms with Crippen molar-refractivity contribution < 1.29 is 17.7 Å². The highest BCUT2D eigenvalue weighted by molar-refractivity contribution is 7.89. The van der Waals surface area contributed by atoms with Crippen LogP contribution >= 0.6 is 0 Å². The molecule has 1 amide bonds. The molecule has 0 spiro atoms. The van der Waals surface area contributed by atoms with Gasteiger partial charge in [0.1, 0.15) is 6.54 Å². The van der Waals surface area contributed by atoms with E-state index in [0.717, 1.165) is 8.87 Å². The quantitative estimate of drug-likeness (QED) is 0.654. The third kappa shape index (κ3) is 4.28. The number of carbonyl (C=O) groups is 1. The van der Waals surface area contributed by atoms with Gasteiger partial charge in [0.15, 0.2) is 5.82 Å². The number of amides is 1. The van der Waals surface area contributed by atoms with E-state index in [2.05, 4.69) is 10.5 Å². The normalized spacial score (nSPS) is 11.6. The monoisotopic (exact) mass is 416 g/mol. The molecule has 3 aromatic rings. The van der Waals surface area contributed by atoms with Crippen molar-refractivity contribution in [3.05, 3.63) is 64.6 Å². The summed E-state index contributed by atoms with van der Waals surface area (Å²) in [5, 5.41) is 6.35. The van der Waals surface area contributed by atoms with Crippen LogP contribution in [0.1, 0.15) is 5.56 Å². The van der Waals surface area contributed by atoms with Crippen molar-refractivity contribution in [2.45, 2.75) is 18.4 Å². The molecule has 0 aliphatic rings. The van der Waals surface area contributed by atoms with Crippen molar-refractivity contribution in [2.75, 3.05) is 19.4 Å². The average Bonchev–Trinajstić information content (AvgIpc) is 3.04. The van der Waals surface area contributed by atoms with Crippen LogP contribution in [0.5, 0.6) is 0 Å². The summed E-state index contributed by atoms with van der Waals surface area (Å²) in [4.78, 5) is 24.6. The molecule has 0 fully saturated rings. The fourth-order valence-corrected chi connectivity index (χ4v) is 3.84. The summed E-state index contributed by atoms with van der Waals surface area (Å²) < 4.78 is 31.8. The number of hydrogen-bond donors (Lipinski definition) is 1. The highest BCUT2D eigenvalue weighted by Gasteiger charge is 2.21. The molecule has 1 heterocycles. The molecule has 0 aliphatic heterocycles. The van der Waals surface area contributed by atoms with Gasteiger partial charge in [-0.3, -0.25) is 9.32 Å². The van der Waals surface area contributed by atoms with Crippen molar-refractivity contribution in [3.63, 3.8) is 0 Å². The first-order chi connectivity index (χ1) is 13.7. The number of nitrogens with one attached hydrogen (secondary N) is 1. The second-order valence-corrected chi connectivity index (χ2v) is 8.66. The summed E-state index contributed by atoms with van der Waals surface area (Å²) in [6.07, 6.45) is 0. The van der Waals surface area contributed by atoms with Crippen molar-refractivity contribution in [2.24, 2.45) is 0 Å². The Bertz CT molecular complexity index is 1200. The maximum atomic E-state index is 12.5. The van der Waals surface area contributed by atoms with Crippen LogP contribution < -0.4 is 11.1 Å². The fraction of sp³-hybridized carbons (Fsp3) is 0.211. The molecule has 3 rings (SSSR count). The lowest BCUT2D eigenvalue weighted by Crippen LogP contribution is -2.26. The lowest BCUT2D eigenvalue weighted by Gasteiger charge is -2.15. The maximum Gasteiger partial charge on any atom is 0.442 e. The molecule has 0 aliphatic carbocycles. The van der Waals surface area contributed by atoms with E-state index in [-0.39, 0.29) is 17.3 Å². The lowest BCUT2D eigenvalue weighted by molar-refractivity contribution is -0.116. The highest BCUT2D eigenvalue weighted by atomic mass is 32.2. The second-order valence-electron chi connectivity index (χ2n) is 6.54. The van der Waals surface area contributed by atoms with Gasteiger partial charge in [-0.15, -0.1) is 0 Å². The topological polar surface area (TPSA) is 115 Å². The number of aromatic nitrogens is 2. The van der Waals surface area contributed by atoms with Gasteiger partial charge in [0.2, 0.25) is 15.9 Å². The molecule has 1 N–H and O–H groups in total. The summed E-state index contributed by atoms with van der Waals surface area (Å²) in [5.74, 6) is -1.06. The van der Waals surface area contributed by atoms with Crippen molar-refractivity contribution in [3.8, 4) is 11.4 Å². The number of sulfonamides is 1. The van der Waals surface area contributed by atoms with Gasteiger partial charge in [0.05, 0.1) is 4.90 Å². The van der Waals surface area contributed by atoms with Gasteiger partial charge in [0, 0.05) is 25.3 Å². The van der Waals surface area contributed by atoms with E-state index < -0.39 is 21.7 Å². The first-order valence-electron chi connectivity index (χ1n) is 8.65. The van der Waals surface area contributed by atoms with E-state index in [9.17, 15) is 18.0 Å². The van der Waals surface area contributed by atoms with Crippen LogP contribution in [0.2, 0.25) is 0 Å². The molecule has 29 heavy (non-hydrogen) atoms. The Morgan fingerprint density at radius 3 is 2.52 bits per heavy atom. The van der Waals surface area contributed by atoms with Crippen molar-refractivity contribution in [1.29, 1.82) is 0 Å². The first kappa shape index (κ1) is 20.5. The molecule has 152 valence electrons. The van der Waals surface area contributed by atoms with E-state index in [1.165, 1.54) is 20.2 Å². The number of aryl methyl sites for hydroxylation is 1. The van der Waals surface area contributed by atoms with Crippen LogP contribution in [0.15, 0.2) is 62.7 Å².